The number of amides is 1. The first-order valence-corrected chi connectivity index (χ1v) is 8.58. The smallest absolute Gasteiger partial charge is 0.242 e. The Bertz CT molecular complexity index is 581. The maximum Gasteiger partial charge on any atom is 0.242 e. The Labute approximate surface area is 154 Å². The van der Waals surface area contributed by atoms with Gasteiger partial charge in [-0.25, -0.2) is 0 Å². The first-order chi connectivity index (χ1) is 12.1. The van der Waals surface area contributed by atoms with Crippen molar-refractivity contribution in [2.75, 3.05) is 27.9 Å². The molecule has 0 unspecified atom stereocenters. The van der Waals surface area contributed by atoms with E-state index in [1.165, 1.54) is 14.2 Å². The molecule has 0 saturated carbocycles. The van der Waals surface area contributed by atoms with E-state index < -0.39 is 0 Å². The SMILES string of the molecule is CCCCCNC(=S)NNC(=O)Cc1ccc(OC)c(OC)c1OC. The van der Waals surface area contributed by atoms with Crippen molar-refractivity contribution in [2.24, 2.45) is 0 Å². The second-order valence-electron chi connectivity index (χ2n) is 5.31. The Hall–Kier alpha value is -2.22. The van der Waals surface area contributed by atoms with Gasteiger partial charge in [-0.3, -0.25) is 15.6 Å². The van der Waals surface area contributed by atoms with Crippen molar-refractivity contribution >= 4 is 23.2 Å². The van der Waals surface area contributed by atoms with Crippen molar-refractivity contribution in [3.8, 4) is 17.2 Å². The summed E-state index contributed by atoms with van der Waals surface area (Å²) in [6.07, 6.45) is 3.43. The first kappa shape index (κ1) is 20.8. The Morgan fingerprint density at radius 1 is 1.04 bits per heavy atom. The third-order valence-corrected chi connectivity index (χ3v) is 3.76. The average molecular weight is 369 g/mol. The van der Waals surface area contributed by atoms with E-state index >= 15 is 0 Å². The highest BCUT2D eigenvalue weighted by atomic mass is 32.1. The van der Waals surface area contributed by atoms with E-state index in [2.05, 4.69) is 23.1 Å². The molecule has 1 amide bonds. The topological polar surface area (TPSA) is 80.9 Å². The van der Waals surface area contributed by atoms with Gasteiger partial charge in [-0.1, -0.05) is 25.8 Å². The highest BCUT2D eigenvalue weighted by Gasteiger charge is 2.17. The molecular weight excluding hydrogens is 342 g/mol. The van der Waals surface area contributed by atoms with Gasteiger partial charge in [0, 0.05) is 12.1 Å². The van der Waals surface area contributed by atoms with Crippen LogP contribution in [0.15, 0.2) is 12.1 Å². The molecule has 7 nitrogen and oxygen atoms in total. The van der Waals surface area contributed by atoms with E-state index in [1.807, 2.05) is 0 Å². The van der Waals surface area contributed by atoms with Crippen molar-refractivity contribution in [3.63, 3.8) is 0 Å². The monoisotopic (exact) mass is 369 g/mol. The van der Waals surface area contributed by atoms with Gasteiger partial charge in [0.25, 0.3) is 0 Å². The van der Waals surface area contributed by atoms with Crippen LogP contribution in [0.25, 0.3) is 0 Å². The summed E-state index contributed by atoms with van der Waals surface area (Å²) in [7, 11) is 4.59. The van der Waals surface area contributed by atoms with Gasteiger partial charge < -0.3 is 19.5 Å². The molecule has 1 rings (SSSR count). The fourth-order valence-corrected chi connectivity index (χ4v) is 2.42. The first-order valence-electron chi connectivity index (χ1n) is 8.17. The van der Waals surface area contributed by atoms with E-state index in [-0.39, 0.29) is 12.3 Å². The number of nitrogens with one attached hydrogen (secondary N) is 3. The zero-order valence-corrected chi connectivity index (χ0v) is 16.0. The van der Waals surface area contributed by atoms with E-state index in [0.29, 0.717) is 27.9 Å². The fourth-order valence-electron chi connectivity index (χ4n) is 2.27. The van der Waals surface area contributed by atoms with Crippen molar-refractivity contribution in [3.05, 3.63) is 17.7 Å². The molecule has 0 aliphatic rings. The molecule has 0 aliphatic heterocycles. The zero-order valence-electron chi connectivity index (χ0n) is 15.2. The molecule has 3 N–H and O–H groups in total. The van der Waals surface area contributed by atoms with Crippen LogP contribution in [0.1, 0.15) is 31.7 Å². The van der Waals surface area contributed by atoms with Gasteiger partial charge in [0.1, 0.15) is 0 Å². The predicted molar refractivity (Wildman–Crippen MR) is 101 cm³/mol. The number of hydrogen-bond donors (Lipinski definition) is 3. The molecule has 0 atom stereocenters. The molecule has 8 heteroatoms. The van der Waals surface area contributed by atoms with Crippen molar-refractivity contribution in [1.82, 2.24) is 16.2 Å². The van der Waals surface area contributed by atoms with Gasteiger partial charge in [-0.05, 0) is 24.7 Å². The van der Waals surface area contributed by atoms with Gasteiger partial charge in [0.05, 0.1) is 27.8 Å². The quantitative estimate of drug-likeness (QED) is 0.349. The van der Waals surface area contributed by atoms with Crippen molar-refractivity contribution in [2.45, 2.75) is 32.6 Å². The molecule has 140 valence electrons. The lowest BCUT2D eigenvalue weighted by Crippen LogP contribution is -2.47. The van der Waals surface area contributed by atoms with Gasteiger partial charge in [-0.15, -0.1) is 0 Å². The summed E-state index contributed by atoms with van der Waals surface area (Å²) in [6.45, 7) is 2.91. The highest BCUT2D eigenvalue weighted by molar-refractivity contribution is 7.80. The number of ether oxygens (including phenoxy) is 3. The van der Waals surface area contributed by atoms with Crippen LogP contribution in [-0.2, 0) is 11.2 Å². The normalized spacial score (nSPS) is 9.92. The summed E-state index contributed by atoms with van der Waals surface area (Å²) in [5.41, 5.74) is 5.94. The van der Waals surface area contributed by atoms with Crippen LogP contribution in [0.5, 0.6) is 17.2 Å². The number of unbranched alkanes of at least 4 members (excludes halogenated alkanes) is 2. The van der Waals surface area contributed by atoms with Crippen molar-refractivity contribution in [1.29, 1.82) is 0 Å². The van der Waals surface area contributed by atoms with Crippen LogP contribution in [0.2, 0.25) is 0 Å². The van der Waals surface area contributed by atoms with E-state index in [1.54, 1.807) is 19.2 Å². The lowest BCUT2D eigenvalue weighted by atomic mass is 10.1. The Morgan fingerprint density at radius 3 is 2.36 bits per heavy atom. The second-order valence-corrected chi connectivity index (χ2v) is 5.71. The number of carbonyl (C=O) groups is 1. The minimum Gasteiger partial charge on any atom is -0.493 e. The summed E-state index contributed by atoms with van der Waals surface area (Å²) < 4.78 is 15.9. The second kappa shape index (κ2) is 11.4. The van der Waals surface area contributed by atoms with Gasteiger partial charge >= 0.3 is 0 Å². The summed E-state index contributed by atoms with van der Waals surface area (Å²) in [4.78, 5) is 12.1. The van der Waals surface area contributed by atoms with Crippen LogP contribution in [-0.4, -0.2) is 38.9 Å². The number of rotatable bonds is 9. The molecule has 0 fully saturated rings. The van der Waals surface area contributed by atoms with E-state index in [9.17, 15) is 4.79 Å². The molecule has 0 saturated heterocycles. The predicted octanol–water partition coefficient (Wildman–Crippen LogP) is 1.94. The van der Waals surface area contributed by atoms with Crippen LogP contribution >= 0.6 is 12.2 Å². The third-order valence-electron chi connectivity index (χ3n) is 3.52. The summed E-state index contributed by atoms with van der Waals surface area (Å²) in [6, 6.07) is 3.50. The molecule has 0 spiro atoms. The third kappa shape index (κ3) is 6.66. The van der Waals surface area contributed by atoms with Crippen LogP contribution in [0.3, 0.4) is 0 Å². The minimum atomic E-state index is -0.247. The Kier molecular flexibility index (Phi) is 9.46. The van der Waals surface area contributed by atoms with Crippen LogP contribution in [0.4, 0.5) is 0 Å². The average Bonchev–Trinajstić information content (AvgIpc) is 2.62. The summed E-state index contributed by atoms with van der Waals surface area (Å²) >= 11 is 5.11. The maximum atomic E-state index is 12.1. The molecule has 0 aromatic heterocycles. The molecular formula is C17H27N3O4S. The number of benzene rings is 1. The lowest BCUT2D eigenvalue weighted by molar-refractivity contribution is -0.121. The van der Waals surface area contributed by atoms with Gasteiger partial charge in [-0.2, -0.15) is 0 Å². The van der Waals surface area contributed by atoms with Crippen LogP contribution in [0, 0.1) is 0 Å². The number of thiocarbonyl (C=S) groups is 1. The lowest BCUT2D eigenvalue weighted by Gasteiger charge is -2.16. The Morgan fingerprint density at radius 2 is 1.76 bits per heavy atom. The summed E-state index contributed by atoms with van der Waals surface area (Å²) in [5.74, 6) is 1.22. The number of hydrogen-bond acceptors (Lipinski definition) is 5. The molecule has 0 radical (unpaired) electrons. The number of methoxy groups -OCH3 is 3. The molecule has 1 aromatic carbocycles. The highest BCUT2D eigenvalue weighted by Crippen LogP contribution is 2.39. The fraction of sp³-hybridized carbons (Fsp3) is 0.529. The van der Waals surface area contributed by atoms with E-state index in [0.717, 1.165) is 25.8 Å². The van der Waals surface area contributed by atoms with E-state index in [4.69, 9.17) is 26.4 Å². The number of hydrazine groups is 1. The van der Waals surface area contributed by atoms with Gasteiger partial charge in [0.15, 0.2) is 16.6 Å². The van der Waals surface area contributed by atoms with Gasteiger partial charge in [0.2, 0.25) is 11.7 Å². The molecule has 0 bridgehead atoms. The molecule has 1 aromatic rings. The van der Waals surface area contributed by atoms with Crippen molar-refractivity contribution < 1.29 is 19.0 Å². The minimum absolute atomic E-state index is 0.106. The standard InChI is InChI=1S/C17H27N3O4S/c1-5-6-7-10-18-17(25)20-19-14(21)11-12-8-9-13(22-2)16(24-4)15(12)23-3/h8-9H,5-7,10-11H2,1-4H3,(H,19,21)(H2,18,20,25). The molecule has 25 heavy (non-hydrogen) atoms. The summed E-state index contributed by atoms with van der Waals surface area (Å²) in [5, 5.41) is 3.43. The zero-order chi connectivity index (χ0) is 18.7. The number of carbonyl (C=O) groups excluding carboxylic acids is 1. The molecule has 0 aliphatic carbocycles. The van der Waals surface area contributed by atoms with Crippen LogP contribution < -0.4 is 30.4 Å². The Balaban J connectivity index is 2.58. The largest absolute Gasteiger partial charge is 0.493 e. The maximum absolute atomic E-state index is 12.1. The molecule has 0 heterocycles.